The highest BCUT2D eigenvalue weighted by Crippen LogP contribution is 2.26. The lowest BCUT2D eigenvalue weighted by molar-refractivity contribution is -0.141. The zero-order valence-electron chi connectivity index (χ0n) is 16.8. The number of hydrogen-bond donors (Lipinski definition) is 0. The SMILES string of the molecule is Cc1nn(-c2ccc(F)cc2)c(Cl)c1C(=O)O[C@@H](C)C(=O)N(C)C1CCCCC1. The van der Waals surface area contributed by atoms with E-state index in [1.165, 1.54) is 35.4 Å². The Labute approximate surface area is 174 Å². The van der Waals surface area contributed by atoms with Crippen LogP contribution >= 0.6 is 11.6 Å². The predicted molar refractivity (Wildman–Crippen MR) is 108 cm³/mol. The molecule has 3 rings (SSSR count). The molecule has 0 radical (unpaired) electrons. The van der Waals surface area contributed by atoms with E-state index < -0.39 is 12.1 Å². The van der Waals surface area contributed by atoms with Crippen LogP contribution < -0.4 is 0 Å². The first kappa shape index (κ1) is 21.3. The zero-order valence-corrected chi connectivity index (χ0v) is 17.6. The summed E-state index contributed by atoms with van der Waals surface area (Å²) in [4.78, 5) is 27.1. The van der Waals surface area contributed by atoms with Gasteiger partial charge in [0.05, 0.1) is 11.4 Å². The van der Waals surface area contributed by atoms with E-state index in [1.54, 1.807) is 25.8 Å². The largest absolute Gasteiger partial charge is 0.449 e. The quantitative estimate of drug-likeness (QED) is 0.675. The number of amides is 1. The summed E-state index contributed by atoms with van der Waals surface area (Å²) in [6.45, 7) is 3.19. The van der Waals surface area contributed by atoms with Crippen LogP contribution in [0.25, 0.3) is 5.69 Å². The van der Waals surface area contributed by atoms with Crippen molar-refractivity contribution in [2.45, 2.75) is 58.1 Å². The molecule has 2 aromatic rings. The Kier molecular flexibility index (Phi) is 6.57. The van der Waals surface area contributed by atoms with Crippen LogP contribution in [0.1, 0.15) is 55.1 Å². The second-order valence-electron chi connectivity index (χ2n) is 7.43. The molecular weight excluding hydrogens is 397 g/mol. The van der Waals surface area contributed by atoms with Gasteiger partial charge in [-0.2, -0.15) is 5.10 Å². The van der Waals surface area contributed by atoms with E-state index in [0.717, 1.165) is 25.7 Å². The van der Waals surface area contributed by atoms with E-state index >= 15 is 0 Å². The Morgan fingerprint density at radius 3 is 2.48 bits per heavy atom. The fourth-order valence-electron chi connectivity index (χ4n) is 3.69. The molecule has 1 aliphatic rings. The highest BCUT2D eigenvalue weighted by atomic mass is 35.5. The molecule has 1 fully saturated rings. The number of benzene rings is 1. The van der Waals surface area contributed by atoms with Gasteiger partial charge >= 0.3 is 5.97 Å². The number of halogens is 2. The molecule has 0 N–H and O–H groups in total. The standard InChI is InChI=1S/C21H25ClFN3O3/c1-13-18(19(22)26(24-13)17-11-9-15(23)10-12-17)21(28)29-14(2)20(27)25(3)16-7-5-4-6-8-16/h9-12,14,16H,4-8H2,1-3H3/t14-/m0/s1. The van der Waals surface area contributed by atoms with E-state index in [9.17, 15) is 14.0 Å². The minimum Gasteiger partial charge on any atom is -0.449 e. The van der Waals surface area contributed by atoms with Gasteiger partial charge in [0.25, 0.3) is 5.91 Å². The van der Waals surface area contributed by atoms with Gasteiger partial charge < -0.3 is 9.64 Å². The number of nitrogens with zero attached hydrogens (tertiary/aromatic N) is 3. The van der Waals surface area contributed by atoms with Crippen molar-refractivity contribution in [3.63, 3.8) is 0 Å². The smallest absolute Gasteiger partial charge is 0.344 e. The molecule has 1 atom stereocenters. The predicted octanol–water partition coefficient (Wildman–Crippen LogP) is 4.31. The average molecular weight is 422 g/mol. The molecule has 0 unspecified atom stereocenters. The van der Waals surface area contributed by atoms with Gasteiger partial charge in [0.1, 0.15) is 16.5 Å². The number of aromatic nitrogens is 2. The van der Waals surface area contributed by atoms with Crippen molar-refractivity contribution in [2.75, 3.05) is 7.05 Å². The topological polar surface area (TPSA) is 64.4 Å². The van der Waals surface area contributed by atoms with Crippen molar-refractivity contribution in [2.24, 2.45) is 0 Å². The number of esters is 1. The summed E-state index contributed by atoms with van der Waals surface area (Å²) in [6.07, 6.45) is 4.41. The van der Waals surface area contributed by atoms with Crippen molar-refractivity contribution in [3.05, 3.63) is 46.5 Å². The lowest BCUT2D eigenvalue weighted by atomic mass is 9.94. The molecule has 1 aliphatic carbocycles. The van der Waals surface area contributed by atoms with Crippen LogP contribution in [0.4, 0.5) is 4.39 Å². The Morgan fingerprint density at radius 1 is 1.24 bits per heavy atom. The summed E-state index contributed by atoms with van der Waals surface area (Å²) in [7, 11) is 1.76. The Bertz CT molecular complexity index is 891. The summed E-state index contributed by atoms with van der Waals surface area (Å²) < 4.78 is 19.9. The third kappa shape index (κ3) is 4.61. The van der Waals surface area contributed by atoms with Crippen molar-refractivity contribution in [1.29, 1.82) is 0 Å². The molecule has 1 aromatic heterocycles. The van der Waals surface area contributed by atoms with Crippen molar-refractivity contribution in [1.82, 2.24) is 14.7 Å². The molecule has 6 nitrogen and oxygen atoms in total. The molecule has 29 heavy (non-hydrogen) atoms. The molecule has 0 spiro atoms. The van der Waals surface area contributed by atoms with E-state index in [-0.39, 0.29) is 28.5 Å². The first-order valence-corrected chi connectivity index (χ1v) is 10.2. The van der Waals surface area contributed by atoms with Crippen molar-refractivity contribution >= 4 is 23.5 Å². The molecule has 156 valence electrons. The normalized spacial score (nSPS) is 15.8. The maximum atomic E-state index is 13.2. The van der Waals surface area contributed by atoms with Crippen LogP contribution in [0.2, 0.25) is 5.15 Å². The lowest BCUT2D eigenvalue weighted by Gasteiger charge is -2.32. The van der Waals surface area contributed by atoms with Gasteiger partial charge in [0.2, 0.25) is 0 Å². The number of hydrogen-bond acceptors (Lipinski definition) is 4. The van der Waals surface area contributed by atoms with E-state index in [4.69, 9.17) is 16.3 Å². The zero-order chi connectivity index (χ0) is 21.1. The number of ether oxygens (including phenoxy) is 1. The fourth-order valence-corrected chi connectivity index (χ4v) is 4.04. The first-order chi connectivity index (χ1) is 13.8. The number of likely N-dealkylation sites (N-methyl/N-ethyl adjacent to an activating group) is 1. The van der Waals surface area contributed by atoms with Crippen LogP contribution in [0.3, 0.4) is 0 Å². The molecule has 8 heteroatoms. The molecule has 1 heterocycles. The lowest BCUT2D eigenvalue weighted by Crippen LogP contribution is -2.44. The van der Waals surface area contributed by atoms with Crippen molar-refractivity contribution < 1.29 is 18.7 Å². The molecule has 0 bridgehead atoms. The van der Waals surface area contributed by atoms with Crippen LogP contribution in [0.15, 0.2) is 24.3 Å². The average Bonchev–Trinajstić information content (AvgIpc) is 3.02. The number of rotatable bonds is 5. The summed E-state index contributed by atoms with van der Waals surface area (Å²) in [5, 5.41) is 4.31. The summed E-state index contributed by atoms with van der Waals surface area (Å²) in [5.41, 5.74) is 0.972. The molecular formula is C21H25ClFN3O3. The molecule has 1 saturated carbocycles. The van der Waals surface area contributed by atoms with Gasteiger partial charge in [-0.05, 0) is 51.0 Å². The van der Waals surface area contributed by atoms with Crippen LogP contribution in [0, 0.1) is 12.7 Å². The Balaban J connectivity index is 1.73. The minimum absolute atomic E-state index is 0.0550. The Hall–Kier alpha value is -2.41. The van der Waals surface area contributed by atoms with Gasteiger partial charge in [-0.15, -0.1) is 0 Å². The molecule has 0 saturated heterocycles. The second kappa shape index (κ2) is 8.95. The van der Waals surface area contributed by atoms with Crippen LogP contribution in [0.5, 0.6) is 0 Å². The third-order valence-electron chi connectivity index (χ3n) is 5.38. The summed E-state index contributed by atoms with van der Waals surface area (Å²) >= 11 is 6.36. The maximum absolute atomic E-state index is 13.2. The van der Waals surface area contributed by atoms with Gasteiger partial charge in [-0.25, -0.2) is 13.9 Å². The highest BCUT2D eigenvalue weighted by molar-refractivity contribution is 6.33. The number of carbonyl (C=O) groups is 2. The van der Waals surface area contributed by atoms with E-state index in [1.807, 2.05) is 0 Å². The molecule has 1 aromatic carbocycles. The van der Waals surface area contributed by atoms with E-state index in [2.05, 4.69) is 5.10 Å². The maximum Gasteiger partial charge on any atom is 0.344 e. The minimum atomic E-state index is -0.931. The summed E-state index contributed by atoms with van der Waals surface area (Å²) in [5.74, 6) is -1.33. The molecule has 1 amide bonds. The Morgan fingerprint density at radius 2 is 1.86 bits per heavy atom. The highest BCUT2D eigenvalue weighted by Gasteiger charge is 2.30. The van der Waals surface area contributed by atoms with Gasteiger partial charge in [0.15, 0.2) is 6.10 Å². The second-order valence-corrected chi connectivity index (χ2v) is 7.79. The number of carbonyl (C=O) groups excluding carboxylic acids is 2. The van der Waals surface area contributed by atoms with Gasteiger partial charge in [-0.1, -0.05) is 30.9 Å². The van der Waals surface area contributed by atoms with Crippen LogP contribution in [-0.2, 0) is 9.53 Å². The van der Waals surface area contributed by atoms with Crippen molar-refractivity contribution in [3.8, 4) is 5.69 Å². The fraction of sp³-hybridized carbons (Fsp3) is 0.476. The monoisotopic (exact) mass is 421 g/mol. The number of aryl methyl sites for hydroxylation is 1. The molecule has 0 aliphatic heterocycles. The van der Waals surface area contributed by atoms with E-state index in [0.29, 0.717) is 11.4 Å². The van der Waals surface area contributed by atoms with Crippen LogP contribution in [-0.4, -0.2) is 45.8 Å². The first-order valence-electron chi connectivity index (χ1n) is 9.78. The third-order valence-corrected chi connectivity index (χ3v) is 5.73. The summed E-state index contributed by atoms with van der Waals surface area (Å²) in [6, 6.07) is 5.76. The van der Waals surface area contributed by atoms with Gasteiger partial charge in [-0.3, -0.25) is 4.79 Å². The van der Waals surface area contributed by atoms with Gasteiger partial charge in [0, 0.05) is 13.1 Å².